The van der Waals surface area contributed by atoms with Crippen molar-refractivity contribution in [1.29, 1.82) is 0 Å². The van der Waals surface area contributed by atoms with Gasteiger partial charge in [0.05, 0.1) is 15.7 Å². The molecular weight excluding hydrogens is 254 g/mol. The van der Waals surface area contributed by atoms with E-state index in [1.54, 1.807) is 11.3 Å². The van der Waals surface area contributed by atoms with Crippen LogP contribution in [-0.2, 0) is 0 Å². The van der Waals surface area contributed by atoms with E-state index in [2.05, 4.69) is 48.5 Å². The van der Waals surface area contributed by atoms with Crippen LogP contribution in [0.5, 0.6) is 0 Å². The van der Waals surface area contributed by atoms with Crippen LogP contribution in [0.3, 0.4) is 0 Å². The van der Waals surface area contributed by atoms with Gasteiger partial charge in [0.15, 0.2) is 5.84 Å². The smallest absolute Gasteiger partial charge is 0.158 e. The Morgan fingerprint density at radius 1 is 1.42 bits per heavy atom. The molecule has 2 rings (SSSR count). The van der Waals surface area contributed by atoms with Crippen LogP contribution in [0.25, 0.3) is 10.2 Å². The molecule has 0 saturated carbocycles. The van der Waals surface area contributed by atoms with Crippen LogP contribution in [0.15, 0.2) is 45.5 Å². The number of hydrogen-bond acceptors (Lipinski definition) is 3. The van der Waals surface area contributed by atoms with Crippen molar-refractivity contribution < 1.29 is 0 Å². The maximum absolute atomic E-state index is 4.43. The minimum absolute atomic E-state index is 0.485. The molecule has 98 valence electrons. The second-order valence-electron chi connectivity index (χ2n) is 4.67. The van der Waals surface area contributed by atoms with Gasteiger partial charge in [-0.15, -0.1) is 11.3 Å². The van der Waals surface area contributed by atoms with E-state index in [9.17, 15) is 0 Å². The minimum atomic E-state index is 0.485. The van der Waals surface area contributed by atoms with Crippen LogP contribution in [0.1, 0.15) is 26.3 Å². The zero-order valence-electron chi connectivity index (χ0n) is 11.4. The zero-order valence-corrected chi connectivity index (χ0v) is 12.2. The summed E-state index contributed by atoms with van der Waals surface area (Å²) in [6, 6.07) is 6.02. The number of allylic oxidation sites excluding steroid dienone is 1. The van der Waals surface area contributed by atoms with E-state index in [0.29, 0.717) is 11.8 Å². The zero-order chi connectivity index (χ0) is 13.8. The monoisotopic (exact) mass is 271 g/mol. The van der Waals surface area contributed by atoms with Crippen LogP contribution in [0, 0.1) is 5.92 Å². The van der Waals surface area contributed by atoms with Gasteiger partial charge in [0.2, 0.25) is 0 Å². The number of amidine groups is 1. The third-order valence-corrected chi connectivity index (χ3v) is 3.83. The van der Waals surface area contributed by atoms with Crippen molar-refractivity contribution in [2.24, 2.45) is 15.9 Å². The average Bonchev–Trinajstić information content (AvgIpc) is 2.86. The molecule has 0 fully saturated rings. The molecular formula is C15H17N3S. The molecule has 3 nitrogen and oxygen atoms in total. The highest BCUT2D eigenvalue weighted by Gasteiger charge is 2.04. The predicted molar refractivity (Wildman–Crippen MR) is 84.3 cm³/mol. The summed E-state index contributed by atoms with van der Waals surface area (Å²) in [4.78, 5) is 12.7. The van der Waals surface area contributed by atoms with Crippen molar-refractivity contribution in [2.75, 3.05) is 0 Å². The molecule has 19 heavy (non-hydrogen) atoms. The lowest BCUT2D eigenvalue weighted by Gasteiger charge is -2.03. The summed E-state index contributed by atoms with van der Waals surface area (Å²) >= 11 is 1.62. The van der Waals surface area contributed by atoms with Gasteiger partial charge in [-0.05, 0) is 37.8 Å². The summed E-state index contributed by atoms with van der Waals surface area (Å²) in [6.45, 7) is 9.97. The molecule has 1 aromatic carbocycles. The van der Waals surface area contributed by atoms with Gasteiger partial charge >= 0.3 is 0 Å². The fraction of sp³-hybridized carbons (Fsp3) is 0.267. The summed E-state index contributed by atoms with van der Waals surface area (Å²) in [7, 11) is 0. The molecule has 1 heterocycles. The Morgan fingerprint density at radius 3 is 2.89 bits per heavy atom. The molecule has 0 bridgehead atoms. The van der Waals surface area contributed by atoms with Gasteiger partial charge in [0.25, 0.3) is 0 Å². The van der Waals surface area contributed by atoms with Crippen LogP contribution in [0.4, 0.5) is 0 Å². The summed E-state index contributed by atoms with van der Waals surface area (Å²) in [6.07, 6.45) is 1.87. The molecule has 0 aliphatic carbocycles. The molecule has 0 radical (unpaired) electrons. The lowest BCUT2D eigenvalue weighted by atomic mass is 10.1. The molecule has 0 aliphatic rings. The Morgan fingerprint density at radius 2 is 2.21 bits per heavy atom. The molecule has 0 N–H and O–H groups in total. The van der Waals surface area contributed by atoms with E-state index >= 15 is 0 Å². The summed E-state index contributed by atoms with van der Waals surface area (Å²) < 4.78 is 1.14. The topological polar surface area (TPSA) is 37.6 Å². The fourth-order valence-corrected chi connectivity index (χ4v) is 2.23. The van der Waals surface area contributed by atoms with Crippen LogP contribution in [0.2, 0.25) is 0 Å². The van der Waals surface area contributed by atoms with Gasteiger partial charge in [-0.2, -0.15) is 0 Å². The normalized spacial score (nSPS) is 13.3. The van der Waals surface area contributed by atoms with Gasteiger partial charge in [0.1, 0.15) is 0 Å². The quantitative estimate of drug-likeness (QED) is 0.605. The summed E-state index contributed by atoms with van der Waals surface area (Å²) in [5.41, 5.74) is 5.04. The standard InChI is InChI=1S/C15H17N3S/c1-10(2)11(3)8-17-15(16-4)12-5-6-13-14(7-12)19-9-18-13/h5-10H,4H2,1-3H3/b11-8+,17-15?. The Bertz CT molecular complexity index is 650. The molecule has 2 aromatic rings. The van der Waals surface area contributed by atoms with Crippen molar-refractivity contribution in [3.8, 4) is 0 Å². The van der Waals surface area contributed by atoms with E-state index in [4.69, 9.17) is 0 Å². The number of rotatable bonds is 3. The fourth-order valence-electron chi connectivity index (χ4n) is 1.51. The van der Waals surface area contributed by atoms with Crippen LogP contribution >= 0.6 is 11.3 Å². The number of thiazole rings is 1. The number of benzene rings is 1. The molecule has 0 amide bonds. The highest BCUT2D eigenvalue weighted by atomic mass is 32.1. The van der Waals surface area contributed by atoms with Crippen molar-refractivity contribution in [1.82, 2.24) is 4.98 Å². The van der Waals surface area contributed by atoms with Crippen LogP contribution in [-0.4, -0.2) is 17.5 Å². The first-order valence-corrected chi connectivity index (χ1v) is 7.04. The third kappa shape index (κ3) is 3.15. The molecule has 0 unspecified atom stereocenters. The lowest BCUT2D eigenvalue weighted by Crippen LogP contribution is -1.96. The maximum Gasteiger partial charge on any atom is 0.158 e. The first-order valence-electron chi connectivity index (χ1n) is 6.16. The lowest BCUT2D eigenvalue weighted by molar-refractivity contribution is 0.766. The highest BCUT2D eigenvalue weighted by Crippen LogP contribution is 2.20. The number of hydrogen-bond donors (Lipinski definition) is 0. The van der Waals surface area contributed by atoms with Crippen LogP contribution < -0.4 is 0 Å². The minimum Gasteiger partial charge on any atom is -0.245 e. The van der Waals surface area contributed by atoms with Crippen molar-refractivity contribution in [2.45, 2.75) is 20.8 Å². The SMILES string of the molecule is C=NC(=N/C=C(\C)C(C)C)c1ccc2ncsc2c1. The first kappa shape index (κ1) is 13.6. The molecule has 0 atom stereocenters. The highest BCUT2D eigenvalue weighted by molar-refractivity contribution is 7.16. The Labute approximate surface area is 117 Å². The summed E-state index contributed by atoms with van der Waals surface area (Å²) in [5.74, 6) is 1.13. The second kappa shape index (κ2) is 5.89. The van der Waals surface area contributed by atoms with Crippen molar-refractivity contribution in [3.05, 3.63) is 41.0 Å². The molecule has 0 aliphatic heterocycles. The van der Waals surface area contributed by atoms with Gasteiger partial charge in [-0.1, -0.05) is 19.4 Å². The largest absolute Gasteiger partial charge is 0.245 e. The van der Waals surface area contributed by atoms with E-state index in [1.807, 2.05) is 23.8 Å². The third-order valence-electron chi connectivity index (χ3n) is 3.04. The first-order chi connectivity index (χ1) is 9.11. The number of aliphatic imine (C=N–C) groups is 2. The molecule has 0 spiro atoms. The van der Waals surface area contributed by atoms with Crippen molar-refractivity contribution in [3.63, 3.8) is 0 Å². The average molecular weight is 271 g/mol. The second-order valence-corrected chi connectivity index (χ2v) is 5.56. The van der Waals surface area contributed by atoms with E-state index in [0.717, 1.165) is 15.8 Å². The Kier molecular flexibility index (Phi) is 4.22. The Balaban J connectivity index is 2.38. The van der Waals surface area contributed by atoms with E-state index in [1.165, 1.54) is 5.57 Å². The number of fused-ring (bicyclic) bond motifs is 1. The number of aromatic nitrogens is 1. The summed E-state index contributed by atoms with van der Waals surface area (Å²) in [5, 5.41) is 0. The van der Waals surface area contributed by atoms with Gasteiger partial charge in [-0.3, -0.25) is 0 Å². The van der Waals surface area contributed by atoms with Gasteiger partial charge in [0, 0.05) is 11.8 Å². The molecule has 1 aromatic heterocycles. The Hall–Kier alpha value is -1.81. The van der Waals surface area contributed by atoms with E-state index in [-0.39, 0.29) is 0 Å². The van der Waals surface area contributed by atoms with Gasteiger partial charge in [-0.25, -0.2) is 15.0 Å². The molecule has 4 heteroatoms. The van der Waals surface area contributed by atoms with Crippen molar-refractivity contribution >= 4 is 34.1 Å². The maximum atomic E-state index is 4.43. The number of nitrogens with zero attached hydrogens (tertiary/aromatic N) is 3. The molecule has 0 saturated heterocycles. The van der Waals surface area contributed by atoms with E-state index < -0.39 is 0 Å². The van der Waals surface area contributed by atoms with Gasteiger partial charge < -0.3 is 0 Å². The predicted octanol–water partition coefficient (Wildman–Crippen LogP) is 4.30.